The highest BCUT2D eigenvalue weighted by molar-refractivity contribution is 7.82. The van der Waals surface area contributed by atoms with Crippen molar-refractivity contribution in [2.45, 2.75) is 58.1 Å². The molecule has 0 amide bonds. The largest absolute Gasteiger partial charge is 0.169 e. The molecule has 92 valence electrons. The quantitative estimate of drug-likeness (QED) is 0.449. The molecule has 0 saturated heterocycles. The number of hydrogen-bond acceptors (Lipinski definition) is 1. The molecule has 0 spiro atoms. The molecule has 0 N–H and O–H groups in total. The predicted octanol–water partition coefficient (Wildman–Crippen LogP) is 5.33. The molecular formula is C15H26S. The molecule has 1 unspecified atom stereocenters. The second kappa shape index (κ2) is 7.78. The van der Waals surface area contributed by atoms with Crippen molar-refractivity contribution in [1.29, 1.82) is 0 Å². The van der Waals surface area contributed by atoms with E-state index in [2.05, 4.69) is 59.1 Å². The van der Waals surface area contributed by atoms with Gasteiger partial charge in [-0.25, -0.2) is 0 Å². The number of rotatable bonds is 7. The fourth-order valence-electron chi connectivity index (χ4n) is 1.40. The lowest BCUT2D eigenvalue weighted by atomic mass is 10.0. The molecule has 0 aromatic rings. The molecule has 0 radical (unpaired) electrons. The summed E-state index contributed by atoms with van der Waals surface area (Å²) >= 11 is 4.53. The summed E-state index contributed by atoms with van der Waals surface area (Å²) in [5.41, 5.74) is 2.88. The fraction of sp³-hybridized carbons (Fsp3) is 0.600. The highest BCUT2D eigenvalue weighted by Gasteiger charge is 2.11. The summed E-state index contributed by atoms with van der Waals surface area (Å²) in [4.78, 5) is 0. The van der Waals surface area contributed by atoms with Crippen molar-refractivity contribution in [2.75, 3.05) is 0 Å². The molecule has 0 heterocycles. The molecule has 0 rings (SSSR count). The Morgan fingerprint density at radius 1 is 1.19 bits per heavy atom. The van der Waals surface area contributed by atoms with E-state index in [1.165, 1.54) is 17.6 Å². The van der Waals surface area contributed by atoms with Crippen LogP contribution in [0.1, 0.15) is 53.4 Å². The fourth-order valence-corrected chi connectivity index (χ4v) is 1.53. The molecule has 0 bridgehead atoms. The van der Waals surface area contributed by atoms with Gasteiger partial charge in [-0.1, -0.05) is 29.4 Å². The van der Waals surface area contributed by atoms with Crippen molar-refractivity contribution in [3.63, 3.8) is 0 Å². The van der Waals surface area contributed by atoms with Crippen molar-refractivity contribution in [3.05, 3.63) is 36.0 Å². The lowest BCUT2D eigenvalue weighted by Crippen LogP contribution is -2.10. The molecule has 1 atom stereocenters. The van der Waals surface area contributed by atoms with Crippen molar-refractivity contribution in [2.24, 2.45) is 0 Å². The van der Waals surface area contributed by atoms with Crippen LogP contribution in [-0.2, 0) is 0 Å². The Balaban J connectivity index is 3.88. The zero-order chi connectivity index (χ0) is 12.6. The van der Waals surface area contributed by atoms with E-state index < -0.39 is 0 Å². The van der Waals surface area contributed by atoms with Gasteiger partial charge in [0.2, 0.25) is 0 Å². The molecule has 0 aromatic carbocycles. The van der Waals surface area contributed by atoms with Gasteiger partial charge < -0.3 is 0 Å². The molecule has 0 nitrogen and oxygen atoms in total. The van der Waals surface area contributed by atoms with Gasteiger partial charge in [0.1, 0.15) is 0 Å². The third-order valence-electron chi connectivity index (χ3n) is 2.67. The summed E-state index contributed by atoms with van der Waals surface area (Å²) in [5, 5.41) is 0. The SMILES string of the molecule is C=CC(C)(S)CCC=C(C)CCC=C(C)C. The molecule has 1 heteroatoms. The summed E-state index contributed by atoms with van der Waals surface area (Å²) in [6, 6.07) is 0. The molecule has 0 fully saturated rings. The smallest absolute Gasteiger partial charge is 0.0280 e. The highest BCUT2D eigenvalue weighted by Crippen LogP contribution is 2.22. The standard InChI is InChI=1S/C15H26S/c1-6-15(5,16)12-8-11-14(4)10-7-9-13(2)3/h6,9,11,16H,1,7-8,10,12H2,2-5H3. The van der Waals surface area contributed by atoms with Crippen LogP contribution in [0.4, 0.5) is 0 Å². The van der Waals surface area contributed by atoms with Gasteiger partial charge in [0, 0.05) is 4.75 Å². The summed E-state index contributed by atoms with van der Waals surface area (Å²) in [7, 11) is 0. The lowest BCUT2D eigenvalue weighted by Gasteiger charge is -2.17. The maximum atomic E-state index is 4.53. The minimum absolute atomic E-state index is 0.0311. The highest BCUT2D eigenvalue weighted by atomic mass is 32.1. The summed E-state index contributed by atoms with van der Waals surface area (Å²) in [6.45, 7) is 12.4. The minimum Gasteiger partial charge on any atom is -0.169 e. The lowest BCUT2D eigenvalue weighted by molar-refractivity contribution is 0.711. The maximum Gasteiger partial charge on any atom is 0.0280 e. The van der Waals surface area contributed by atoms with Gasteiger partial charge in [0.05, 0.1) is 0 Å². The second-order valence-electron chi connectivity index (χ2n) is 4.97. The second-order valence-corrected chi connectivity index (χ2v) is 5.99. The van der Waals surface area contributed by atoms with Gasteiger partial charge in [-0.2, -0.15) is 12.6 Å². The summed E-state index contributed by atoms with van der Waals surface area (Å²) < 4.78 is -0.0311. The van der Waals surface area contributed by atoms with Gasteiger partial charge >= 0.3 is 0 Å². The third kappa shape index (κ3) is 8.84. The van der Waals surface area contributed by atoms with Crippen molar-refractivity contribution < 1.29 is 0 Å². The van der Waals surface area contributed by atoms with E-state index in [4.69, 9.17) is 0 Å². The molecular weight excluding hydrogens is 212 g/mol. The molecule has 0 aliphatic rings. The van der Waals surface area contributed by atoms with E-state index in [1.54, 1.807) is 0 Å². The Bertz CT molecular complexity index is 265. The van der Waals surface area contributed by atoms with Gasteiger partial charge in [0.25, 0.3) is 0 Å². The Morgan fingerprint density at radius 3 is 2.31 bits per heavy atom. The van der Waals surface area contributed by atoms with E-state index in [0.29, 0.717) is 0 Å². The first-order valence-corrected chi connectivity index (χ1v) is 6.47. The van der Waals surface area contributed by atoms with E-state index in [1.807, 2.05) is 6.08 Å². The van der Waals surface area contributed by atoms with Gasteiger partial charge in [-0.3, -0.25) is 0 Å². The van der Waals surface area contributed by atoms with Crippen molar-refractivity contribution in [3.8, 4) is 0 Å². The zero-order valence-corrected chi connectivity index (χ0v) is 12.1. The molecule has 0 aliphatic heterocycles. The normalized spacial score (nSPS) is 15.4. The van der Waals surface area contributed by atoms with Crippen LogP contribution in [0.15, 0.2) is 36.0 Å². The van der Waals surface area contributed by atoms with Crippen LogP contribution in [0, 0.1) is 0 Å². The zero-order valence-electron chi connectivity index (χ0n) is 11.2. The molecule has 0 saturated carbocycles. The van der Waals surface area contributed by atoms with Crippen LogP contribution in [0.2, 0.25) is 0 Å². The molecule has 0 aromatic heterocycles. The Kier molecular flexibility index (Phi) is 7.57. The predicted molar refractivity (Wildman–Crippen MR) is 79.2 cm³/mol. The number of allylic oxidation sites excluding steroid dienone is 4. The average Bonchev–Trinajstić information content (AvgIpc) is 2.17. The van der Waals surface area contributed by atoms with Crippen LogP contribution >= 0.6 is 12.6 Å². The maximum absolute atomic E-state index is 4.53. The van der Waals surface area contributed by atoms with Crippen LogP contribution < -0.4 is 0 Å². The Morgan fingerprint density at radius 2 is 1.81 bits per heavy atom. The topological polar surface area (TPSA) is 0 Å². The summed E-state index contributed by atoms with van der Waals surface area (Å²) in [6.07, 6.45) is 11.0. The van der Waals surface area contributed by atoms with Crippen LogP contribution in [0.25, 0.3) is 0 Å². The first-order chi connectivity index (χ1) is 7.37. The Hall–Kier alpha value is -0.430. The van der Waals surface area contributed by atoms with Crippen LogP contribution in [0.3, 0.4) is 0 Å². The van der Waals surface area contributed by atoms with Crippen LogP contribution in [0.5, 0.6) is 0 Å². The van der Waals surface area contributed by atoms with Crippen molar-refractivity contribution in [1.82, 2.24) is 0 Å². The van der Waals surface area contributed by atoms with Crippen LogP contribution in [-0.4, -0.2) is 4.75 Å². The Labute approximate surface area is 107 Å². The number of hydrogen-bond donors (Lipinski definition) is 1. The van der Waals surface area contributed by atoms with E-state index in [-0.39, 0.29) is 4.75 Å². The summed E-state index contributed by atoms with van der Waals surface area (Å²) in [5.74, 6) is 0. The van der Waals surface area contributed by atoms with Gasteiger partial charge in [-0.15, -0.1) is 6.58 Å². The minimum atomic E-state index is -0.0311. The first kappa shape index (κ1) is 15.6. The third-order valence-corrected chi connectivity index (χ3v) is 3.08. The van der Waals surface area contributed by atoms with E-state index >= 15 is 0 Å². The van der Waals surface area contributed by atoms with Gasteiger partial charge in [0.15, 0.2) is 0 Å². The number of thiol groups is 1. The first-order valence-electron chi connectivity index (χ1n) is 6.02. The van der Waals surface area contributed by atoms with E-state index in [9.17, 15) is 0 Å². The monoisotopic (exact) mass is 238 g/mol. The van der Waals surface area contributed by atoms with E-state index in [0.717, 1.165) is 19.3 Å². The van der Waals surface area contributed by atoms with Gasteiger partial charge in [-0.05, 0) is 53.4 Å². The molecule has 16 heavy (non-hydrogen) atoms. The average molecular weight is 238 g/mol. The molecule has 0 aliphatic carbocycles. The van der Waals surface area contributed by atoms with Crippen molar-refractivity contribution >= 4 is 12.6 Å².